The Labute approximate surface area is 114 Å². The molecule has 4 nitrogen and oxygen atoms in total. The fourth-order valence-corrected chi connectivity index (χ4v) is 2.54. The van der Waals surface area contributed by atoms with Gasteiger partial charge in [-0.2, -0.15) is 0 Å². The molecule has 1 aromatic carbocycles. The van der Waals surface area contributed by atoms with Gasteiger partial charge in [0.25, 0.3) is 5.91 Å². The van der Waals surface area contributed by atoms with Crippen LogP contribution in [0.15, 0.2) is 24.3 Å². The topological polar surface area (TPSA) is 75.4 Å². The van der Waals surface area contributed by atoms with Gasteiger partial charge in [-0.05, 0) is 37.1 Å². The summed E-state index contributed by atoms with van der Waals surface area (Å²) in [6.07, 6.45) is 5.97. The first-order valence-corrected chi connectivity index (χ1v) is 6.95. The van der Waals surface area contributed by atoms with E-state index in [0.29, 0.717) is 17.8 Å². The highest BCUT2D eigenvalue weighted by Crippen LogP contribution is 2.26. The van der Waals surface area contributed by atoms with E-state index in [1.54, 1.807) is 24.3 Å². The molecule has 0 bridgehead atoms. The number of anilines is 1. The molecule has 1 saturated carbocycles. The SMILES string of the molecule is Nc1ccc(C(=O)NCC2(O)CCCCCC2)cc1. The van der Waals surface area contributed by atoms with Gasteiger partial charge in [0.05, 0.1) is 5.60 Å². The summed E-state index contributed by atoms with van der Waals surface area (Å²) < 4.78 is 0. The monoisotopic (exact) mass is 262 g/mol. The number of rotatable bonds is 3. The Morgan fingerprint density at radius 1 is 1.16 bits per heavy atom. The van der Waals surface area contributed by atoms with E-state index in [4.69, 9.17) is 5.73 Å². The van der Waals surface area contributed by atoms with Crippen LogP contribution in [0.3, 0.4) is 0 Å². The van der Waals surface area contributed by atoms with E-state index in [9.17, 15) is 9.90 Å². The molecule has 0 atom stereocenters. The van der Waals surface area contributed by atoms with Crippen LogP contribution in [0.5, 0.6) is 0 Å². The molecule has 4 N–H and O–H groups in total. The van der Waals surface area contributed by atoms with Crippen molar-refractivity contribution in [2.24, 2.45) is 0 Å². The van der Waals surface area contributed by atoms with Crippen molar-refractivity contribution in [2.45, 2.75) is 44.1 Å². The Morgan fingerprint density at radius 3 is 2.32 bits per heavy atom. The number of nitrogens with one attached hydrogen (secondary N) is 1. The smallest absolute Gasteiger partial charge is 0.251 e. The molecule has 104 valence electrons. The van der Waals surface area contributed by atoms with Crippen LogP contribution in [0, 0.1) is 0 Å². The minimum Gasteiger partial charge on any atom is -0.399 e. The van der Waals surface area contributed by atoms with Crippen molar-refractivity contribution in [3.63, 3.8) is 0 Å². The first-order valence-electron chi connectivity index (χ1n) is 6.95. The van der Waals surface area contributed by atoms with Gasteiger partial charge < -0.3 is 16.2 Å². The molecule has 0 radical (unpaired) electrons. The Morgan fingerprint density at radius 2 is 1.74 bits per heavy atom. The zero-order valence-electron chi connectivity index (χ0n) is 11.2. The number of hydrogen-bond acceptors (Lipinski definition) is 3. The van der Waals surface area contributed by atoms with Crippen LogP contribution >= 0.6 is 0 Å². The lowest BCUT2D eigenvalue weighted by Crippen LogP contribution is -2.42. The second-order valence-corrected chi connectivity index (χ2v) is 5.44. The molecule has 1 aliphatic rings. The Hall–Kier alpha value is -1.55. The average molecular weight is 262 g/mol. The van der Waals surface area contributed by atoms with Crippen molar-refractivity contribution in [3.8, 4) is 0 Å². The maximum Gasteiger partial charge on any atom is 0.251 e. The highest BCUT2D eigenvalue weighted by Gasteiger charge is 2.28. The lowest BCUT2D eigenvalue weighted by molar-refractivity contribution is 0.0246. The van der Waals surface area contributed by atoms with Crippen LogP contribution in [-0.2, 0) is 0 Å². The zero-order valence-corrected chi connectivity index (χ0v) is 11.2. The summed E-state index contributed by atoms with van der Waals surface area (Å²) in [6, 6.07) is 6.80. The van der Waals surface area contributed by atoms with Crippen molar-refractivity contribution in [3.05, 3.63) is 29.8 Å². The summed E-state index contributed by atoms with van der Waals surface area (Å²) in [5.74, 6) is -0.155. The van der Waals surface area contributed by atoms with Gasteiger partial charge in [-0.25, -0.2) is 0 Å². The van der Waals surface area contributed by atoms with E-state index in [2.05, 4.69) is 5.32 Å². The van der Waals surface area contributed by atoms with Gasteiger partial charge in [0.15, 0.2) is 0 Å². The van der Waals surface area contributed by atoms with Crippen LogP contribution < -0.4 is 11.1 Å². The van der Waals surface area contributed by atoms with E-state index in [0.717, 1.165) is 25.7 Å². The largest absolute Gasteiger partial charge is 0.399 e. The third-order valence-corrected chi connectivity index (χ3v) is 3.79. The summed E-state index contributed by atoms with van der Waals surface area (Å²) in [4.78, 5) is 12.0. The van der Waals surface area contributed by atoms with E-state index >= 15 is 0 Å². The number of aliphatic hydroxyl groups is 1. The van der Waals surface area contributed by atoms with Crippen molar-refractivity contribution >= 4 is 11.6 Å². The van der Waals surface area contributed by atoms with E-state index in [-0.39, 0.29) is 5.91 Å². The molecule has 0 aliphatic heterocycles. The Balaban J connectivity index is 1.90. The second-order valence-electron chi connectivity index (χ2n) is 5.44. The normalized spacial score (nSPS) is 18.6. The predicted molar refractivity (Wildman–Crippen MR) is 75.8 cm³/mol. The maximum atomic E-state index is 12.0. The van der Waals surface area contributed by atoms with E-state index < -0.39 is 5.60 Å². The molecular formula is C15H22N2O2. The average Bonchev–Trinajstić information content (AvgIpc) is 2.62. The van der Waals surface area contributed by atoms with Crippen LogP contribution in [-0.4, -0.2) is 23.2 Å². The quantitative estimate of drug-likeness (QED) is 0.576. The lowest BCUT2D eigenvalue weighted by Gasteiger charge is -2.26. The molecule has 0 saturated heterocycles. The highest BCUT2D eigenvalue weighted by atomic mass is 16.3. The standard InChI is InChI=1S/C15H22N2O2/c16-13-7-5-12(6-8-13)14(18)17-11-15(19)9-3-1-2-4-10-15/h5-8,19H,1-4,9-11,16H2,(H,17,18). The van der Waals surface area contributed by atoms with Gasteiger partial charge in [-0.15, -0.1) is 0 Å². The number of nitrogen functional groups attached to an aromatic ring is 1. The van der Waals surface area contributed by atoms with Gasteiger partial charge in [0, 0.05) is 17.8 Å². The molecule has 2 rings (SSSR count). The fourth-order valence-electron chi connectivity index (χ4n) is 2.54. The van der Waals surface area contributed by atoms with Gasteiger partial charge in [0.2, 0.25) is 0 Å². The van der Waals surface area contributed by atoms with Gasteiger partial charge in [-0.1, -0.05) is 25.7 Å². The lowest BCUT2D eigenvalue weighted by atomic mass is 9.94. The third-order valence-electron chi connectivity index (χ3n) is 3.79. The minimum absolute atomic E-state index is 0.155. The van der Waals surface area contributed by atoms with Crippen molar-refractivity contribution in [2.75, 3.05) is 12.3 Å². The molecular weight excluding hydrogens is 240 g/mol. The maximum absolute atomic E-state index is 12.0. The third kappa shape index (κ3) is 3.96. The van der Waals surface area contributed by atoms with Crippen LogP contribution in [0.25, 0.3) is 0 Å². The molecule has 0 aromatic heterocycles. The minimum atomic E-state index is -0.736. The number of benzene rings is 1. The van der Waals surface area contributed by atoms with Crippen molar-refractivity contribution in [1.82, 2.24) is 5.32 Å². The number of carbonyl (C=O) groups excluding carboxylic acids is 1. The Kier molecular flexibility index (Phi) is 4.43. The fraction of sp³-hybridized carbons (Fsp3) is 0.533. The summed E-state index contributed by atoms with van der Waals surface area (Å²) in [6.45, 7) is 0.330. The molecule has 19 heavy (non-hydrogen) atoms. The van der Waals surface area contributed by atoms with Crippen LogP contribution in [0.2, 0.25) is 0 Å². The molecule has 1 fully saturated rings. The molecule has 0 heterocycles. The molecule has 1 amide bonds. The molecule has 0 unspecified atom stereocenters. The summed E-state index contributed by atoms with van der Waals surface area (Å²) in [5, 5.41) is 13.3. The van der Waals surface area contributed by atoms with Crippen molar-refractivity contribution in [1.29, 1.82) is 0 Å². The second kappa shape index (κ2) is 6.06. The highest BCUT2D eigenvalue weighted by molar-refractivity contribution is 5.94. The molecule has 4 heteroatoms. The number of carbonyl (C=O) groups is 1. The summed E-state index contributed by atoms with van der Waals surface area (Å²) >= 11 is 0. The van der Waals surface area contributed by atoms with Crippen molar-refractivity contribution < 1.29 is 9.90 Å². The van der Waals surface area contributed by atoms with Gasteiger partial charge >= 0.3 is 0 Å². The molecule has 0 spiro atoms. The molecule has 1 aromatic rings. The summed E-state index contributed by atoms with van der Waals surface area (Å²) in [7, 11) is 0. The number of nitrogens with two attached hydrogens (primary N) is 1. The first-order chi connectivity index (χ1) is 9.09. The number of hydrogen-bond donors (Lipinski definition) is 3. The number of amides is 1. The van der Waals surface area contributed by atoms with E-state index in [1.165, 1.54) is 12.8 Å². The van der Waals surface area contributed by atoms with Gasteiger partial charge in [0.1, 0.15) is 0 Å². The van der Waals surface area contributed by atoms with E-state index in [1.807, 2.05) is 0 Å². The van der Waals surface area contributed by atoms with Gasteiger partial charge in [-0.3, -0.25) is 4.79 Å². The van der Waals surface area contributed by atoms with Crippen LogP contribution in [0.1, 0.15) is 48.9 Å². The zero-order chi connectivity index (χ0) is 13.7. The molecule has 1 aliphatic carbocycles. The first kappa shape index (κ1) is 13.9. The predicted octanol–water partition coefficient (Wildman–Crippen LogP) is 2.08. The summed E-state index contributed by atoms with van der Waals surface area (Å²) in [5.41, 5.74) is 6.06. The Bertz CT molecular complexity index is 420. The van der Waals surface area contributed by atoms with Crippen LogP contribution in [0.4, 0.5) is 5.69 Å².